The number of ether oxygens (including phenoxy) is 1. The Labute approximate surface area is 104 Å². The molecule has 17 heavy (non-hydrogen) atoms. The molecule has 0 aromatic heterocycles. The van der Waals surface area contributed by atoms with Gasteiger partial charge in [0.25, 0.3) is 0 Å². The van der Waals surface area contributed by atoms with E-state index in [1.54, 1.807) is 0 Å². The SMILES string of the molecule is CC1(C)CCc2cccc(C(C)(C)CO)c2O1. The Morgan fingerprint density at radius 2 is 2.06 bits per heavy atom. The molecule has 0 atom stereocenters. The standard InChI is InChI=1S/C15H22O2/c1-14(2,10-16)12-7-5-6-11-8-9-15(3,4)17-13(11)12/h5-7,16H,8-10H2,1-4H3. The molecule has 0 radical (unpaired) electrons. The van der Waals surface area contributed by atoms with Crippen LogP contribution in [0.25, 0.3) is 0 Å². The Balaban J connectivity index is 2.50. The lowest BCUT2D eigenvalue weighted by molar-refractivity contribution is 0.0801. The van der Waals surface area contributed by atoms with Crippen LogP contribution < -0.4 is 4.74 Å². The molecule has 0 unspecified atom stereocenters. The fourth-order valence-corrected chi connectivity index (χ4v) is 2.28. The molecular formula is C15H22O2. The Hall–Kier alpha value is -1.02. The fourth-order valence-electron chi connectivity index (χ4n) is 2.28. The highest BCUT2D eigenvalue weighted by molar-refractivity contribution is 5.47. The number of rotatable bonds is 2. The van der Waals surface area contributed by atoms with E-state index in [1.165, 1.54) is 5.56 Å². The number of hydrogen-bond donors (Lipinski definition) is 1. The molecular weight excluding hydrogens is 212 g/mol. The van der Waals surface area contributed by atoms with E-state index in [0.717, 1.165) is 24.2 Å². The van der Waals surface area contributed by atoms with Crippen molar-refractivity contribution in [3.05, 3.63) is 29.3 Å². The van der Waals surface area contributed by atoms with E-state index >= 15 is 0 Å². The van der Waals surface area contributed by atoms with Crippen LogP contribution in [0, 0.1) is 0 Å². The molecule has 2 heteroatoms. The zero-order valence-corrected chi connectivity index (χ0v) is 11.2. The number of benzene rings is 1. The van der Waals surface area contributed by atoms with Gasteiger partial charge in [-0.3, -0.25) is 0 Å². The smallest absolute Gasteiger partial charge is 0.127 e. The fraction of sp³-hybridized carbons (Fsp3) is 0.600. The van der Waals surface area contributed by atoms with Gasteiger partial charge in [0, 0.05) is 11.0 Å². The molecule has 0 amide bonds. The molecule has 1 aliphatic heterocycles. The van der Waals surface area contributed by atoms with Crippen molar-refractivity contribution < 1.29 is 9.84 Å². The summed E-state index contributed by atoms with van der Waals surface area (Å²) in [5.74, 6) is 0.989. The summed E-state index contributed by atoms with van der Waals surface area (Å²) < 4.78 is 6.13. The van der Waals surface area contributed by atoms with Crippen LogP contribution in [0.5, 0.6) is 5.75 Å². The van der Waals surface area contributed by atoms with Gasteiger partial charge in [-0.15, -0.1) is 0 Å². The predicted molar refractivity (Wildman–Crippen MR) is 69.6 cm³/mol. The zero-order valence-electron chi connectivity index (χ0n) is 11.2. The van der Waals surface area contributed by atoms with Crippen LogP contribution in [0.1, 0.15) is 45.2 Å². The maximum atomic E-state index is 9.52. The third-order valence-electron chi connectivity index (χ3n) is 3.60. The number of aryl methyl sites for hydroxylation is 1. The quantitative estimate of drug-likeness (QED) is 0.852. The summed E-state index contributed by atoms with van der Waals surface area (Å²) in [4.78, 5) is 0. The summed E-state index contributed by atoms with van der Waals surface area (Å²) in [6, 6.07) is 6.26. The van der Waals surface area contributed by atoms with Crippen molar-refractivity contribution >= 4 is 0 Å². The van der Waals surface area contributed by atoms with Crippen molar-refractivity contribution in [1.82, 2.24) is 0 Å². The monoisotopic (exact) mass is 234 g/mol. The van der Waals surface area contributed by atoms with E-state index in [4.69, 9.17) is 4.74 Å². The predicted octanol–water partition coefficient (Wildman–Crippen LogP) is 3.06. The van der Waals surface area contributed by atoms with Crippen molar-refractivity contribution in [2.75, 3.05) is 6.61 Å². The zero-order chi connectivity index (χ0) is 12.7. The Morgan fingerprint density at radius 3 is 2.71 bits per heavy atom. The maximum absolute atomic E-state index is 9.52. The second-order valence-electron chi connectivity index (χ2n) is 6.20. The van der Waals surface area contributed by atoms with Gasteiger partial charge in [0.15, 0.2) is 0 Å². The van der Waals surface area contributed by atoms with E-state index < -0.39 is 0 Å². The first-order valence-electron chi connectivity index (χ1n) is 6.28. The molecule has 0 bridgehead atoms. The minimum atomic E-state index is -0.251. The van der Waals surface area contributed by atoms with Crippen LogP contribution in [0.4, 0.5) is 0 Å². The normalized spacial score (nSPS) is 18.4. The molecule has 1 aromatic carbocycles. The van der Waals surface area contributed by atoms with Gasteiger partial charge in [0.2, 0.25) is 0 Å². The highest BCUT2D eigenvalue weighted by Gasteiger charge is 2.32. The van der Waals surface area contributed by atoms with E-state index in [0.29, 0.717) is 0 Å². The van der Waals surface area contributed by atoms with Crippen LogP contribution in [0.15, 0.2) is 18.2 Å². The molecule has 1 N–H and O–H groups in total. The number of hydrogen-bond acceptors (Lipinski definition) is 2. The van der Waals surface area contributed by atoms with Gasteiger partial charge in [-0.2, -0.15) is 0 Å². The van der Waals surface area contributed by atoms with Crippen molar-refractivity contribution in [3.8, 4) is 5.75 Å². The summed E-state index contributed by atoms with van der Waals surface area (Å²) in [5, 5.41) is 9.52. The van der Waals surface area contributed by atoms with Crippen molar-refractivity contribution in [2.45, 2.75) is 51.6 Å². The highest BCUT2D eigenvalue weighted by Crippen LogP contribution is 2.40. The molecule has 94 valence electrons. The molecule has 0 fully saturated rings. The van der Waals surface area contributed by atoms with Gasteiger partial charge >= 0.3 is 0 Å². The molecule has 1 heterocycles. The first kappa shape index (κ1) is 12.4. The minimum absolute atomic E-state index is 0.103. The van der Waals surface area contributed by atoms with Gasteiger partial charge in [-0.05, 0) is 32.3 Å². The topological polar surface area (TPSA) is 29.5 Å². The largest absolute Gasteiger partial charge is 0.487 e. The average molecular weight is 234 g/mol. The van der Waals surface area contributed by atoms with Crippen LogP contribution in [-0.2, 0) is 11.8 Å². The van der Waals surface area contributed by atoms with E-state index in [-0.39, 0.29) is 17.6 Å². The van der Waals surface area contributed by atoms with Crippen LogP contribution in [0.2, 0.25) is 0 Å². The molecule has 1 aliphatic rings. The van der Waals surface area contributed by atoms with Crippen molar-refractivity contribution in [1.29, 1.82) is 0 Å². The molecule has 1 aromatic rings. The third-order valence-corrected chi connectivity index (χ3v) is 3.60. The molecule has 2 nitrogen and oxygen atoms in total. The lowest BCUT2D eigenvalue weighted by atomic mass is 9.82. The third kappa shape index (κ3) is 2.32. The Bertz CT molecular complexity index is 419. The summed E-state index contributed by atoms with van der Waals surface area (Å²) >= 11 is 0. The van der Waals surface area contributed by atoms with Crippen LogP contribution in [0.3, 0.4) is 0 Å². The van der Waals surface area contributed by atoms with Gasteiger partial charge in [-0.25, -0.2) is 0 Å². The van der Waals surface area contributed by atoms with Gasteiger partial charge in [0.1, 0.15) is 11.4 Å². The number of aliphatic hydroxyl groups excluding tert-OH is 1. The molecule has 2 rings (SSSR count). The Kier molecular flexibility index (Phi) is 2.94. The lowest BCUT2D eigenvalue weighted by Gasteiger charge is -2.36. The second-order valence-corrected chi connectivity index (χ2v) is 6.20. The first-order valence-corrected chi connectivity index (χ1v) is 6.28. The molecule has 0 saturated heterocycles. The van der Waals surface area contributed by atoms with E-state index in [1.807, 2.05) is 13.8 Å². The Morgan fingerprint density at radius 1 is 1.35 bits per heavy atom. The number of para-hydroxylation sites is 1. The second kappa shape index (κ2) is 4.02. The number of fused-ring (bicyclic) bond motifs is 1. The van der Waals surface area contributed by atoms with Gasteiger partial charge < -0.3 is 9.84 Å². The average Bonchev–Trinajstić information content (AvgIpc) is 2.27. The highest BCUT2D eigenvalue weighted by atomic mass is 16.5. The van der Waals surface area contributed by atoms with Crippen molar-refractivity contribution in [3.63, 3.8) is 0 Å². The summed E-state index contributed by atoms with van der Waals surface area (Å²) in [5.41, 5.74) is 2.03. The van der Waals surface area contributed by atoms with Crippen molar-refractivity contribution in [2.24, 2.45) is 0 Å². The molecule has 0 aliphatic carbocycles. The number of aliphatic hydroxyl groups is 1. The maximum Gasteiger partial charge on any atom is 0.127 e. The van der Waals surface area contributed by atoms with Gasteiger partial charge in [0.05, 0.1) is 6.61 Å². The minimum Gasteiger partial charge on any atom is -0.487 e. The van der Waals surface area contributed by atoms with Gasteiger partial charge in [-0.1, -0.05) is 32.0 Å². The lowest BCUT2D eigenvalue weighted by Crippen LogP contribution is -2.35. The molecule has 0 spiro atoms. The molecule has 0 saturated carbocycles. The van der Waals surface area contributed by atoms with E-state index in [9.17, 15) is 5.11 Å². The summed E-state index contributed by atoms with van der Waals surface area (Å²) in [7, 11) is 0. The first-order chi connectivity index (χ1) is 7.86. The van der Waals surface area contributed by atoms with E-state index in [2.05, 4.69) is 32.0 Å². The van der Waals surface area contributed by atoms with Crippen LogP contribution >= 0.6 is 0 Å². The van der Waals surface area contributed by atoms with Crippen LogP contribution in [-0.4, -0.2) is 17.3 Å². The summed E-state index contributed by atoms with van der Waals surface area (Å²) in [6.07, 6.45) is 2.10. The summed E-state index contributed by atoms with van der Waals surface area (Å²) in [6.45, 7) is 8.48.